The average molecular weight is 358 g/mol. The van der Waals surface area contributed by atoms with Gasteiger partial charge in [0.1, 0.15) is 6.61 Å². The fraction of sp³-hybridized carbons (Fsp3) is 0.222. The van der Waals surface area contributed by atoms with Crippen LogP contribution in [-0.4, -0.2) is 23.4 Å². The quantitative estimate of drug-likeness (QED) is 0.768. The highest BCUT2D eigenvalue weighted by Crippen LogP contribution is 2.45. The molecule has 3 aliphatic rings. The monoisotopic (exact) mass is 357 g/mol. The predicted octanol–water partition coefficient (Wildman–Crippen LogP) is 4.12. The van der Waals surface area contributed by atoms with E-state index in [0.29, 0.717) is 22.3 Å². The number of anilines is 1. The summed E-state index contributed by atoms with van der Waals surface area (Å²) in [4.78, 5) is 2.07. The largest absolute Gasteiger partial charge is 0.367 e. The first-order valence-electron chi connectivity index (χ1n) is 7.79. The fourth-order valence-electron chi connectivity index (χ4n) is 3.63. The fourth-order valence-corrected chi connectivity index (χ4v) is 4.19. The van der Waals surface area contributed by atoms with E-state index in [2.05, 4.69) is 40.9 Å². The highest BCUT2D eigenvalue weighted by Gasteiger charge is 2.46. The van der Waals surface area contributed by atoms with Crippen molar-refractivity contribution in [3.05, 3.63) is 70.3 Å². The molecule has 0 N–H and O–H groups in total. The van der Waals surface area contributed by atoms with Gasteiger partial charge in [0.15, 0.2) is 5.84 Å². The van der Waals surface area contributed by atoms with E-state index in [1.54, 1.807) is 17.1 Å². The lowest BCUT2D eigenvalue weighted by Gasteiger charge is -2.35. The molecule has 0 unspecified atom stereocenters. The third kappa shape index (κ3) is 2.07. The third-order valence-corrected chi connectivity index (χ3v) is 5.31. The van der Waals surface area contributed by atoms with Crippen molar-refractivity contribution >= 4 is 34.7 Å². The van der Waals surface area contributed by atoms with Crippen molar-refractivity contribution in [2.45, 2.75) is 18.6 Å². The maximum absolute atomic E-state index is 6.31. The predicted molar refractivity (Wildman–Crippen MR) is 94.1 cm³/mol. The number of benzene rings is 2. The van der Waals surface area contributed by atoms with Crippen LogP contribution in [0.3, 0.4) is 0 Å². The molecular weight excluding hydrogens is 345 g/mol. The van der Waals surface area contributed by atoms with Crippen LogP contribution in [0.25, 0.3) is 0 Å². The van der Waals surface area contributed by atoms with Gasteiger partial charge in [0.05, 0.1) is 27.9 Å². The molecule has 2 heterocycles. The lowest BCUT2D eigenvalue weighted by molar-refractivity contribution is 0.0119. The Morgan fingerprint density at radius 3 is 2.71 bits per heavy atom. The van der Waals surface area contributed by atoms with Crippen molar-refractivity contribution in [2.24, 2.45) is 5.10 Å². The Morgan fingerprint density at radius 1 is 1.08 bits per heavy atom. The van der Waals surface area contributed by atoms with E-state index in [4.69, 9.17) is 27.9 Å². The normalized spacial score (nSPS) is 24.5. The van der Waals surface area contributed by atoms with Crippen molar-refractivity contribution in [3.8, 4) is 0 Å². The third-order valence-electron chi connectivity index (χ3n) is 4.70. The van der Waals surface area contributed by atoms with Gasteiger partial charge in [-0.3, -0.25) is 0 Å². The van der Waals surface area contributed by atoms with Crippen molar-refractivity contribution in [3.63, 3.8) is 0 Å². The number of fused-ring (bicyclic) bond motifs is 5. The van der Waals surface area contributed by atoms with E-state index in [0.717, 1.165) is 12.3 Å². The van der Waals surface area contributed by atoms with Crippen LogP contribution in [0, 0.1) is 6.67 Å². The average Bonchev–Trinajstić information content (AvgIpc) is 3.14. The Labute approximate surface area is 150 Å². The minimum Gasteiger partial charge on any atom is -0.367 e. The molecule has 4 nitrogen and oxygen atoms in total. The smallest absolute Gasteiger partial charge is 0.233 e. The highest BCUT2D eigenvalue weighted by atomic mass is 35.5. The van der Waals surface area contributed by atoms with Crippen LogP contribution in [0.5, 0.6) is 0 Å². The number of ether oxygens (including phenoxy) is 1. The maximum Gasteiger partial charge on any atom is 0.233 e. The van der Waals surface area contributed by atoms with Gasteiger partial charge in [-0.2, -0.15) is 5.10 Å². The van der Waals surface area contributed by atoms with Gasteiger partial charge in [-0.25, -0.2) is 5.01 Å². The van der Waals surface area contributed by atoms with Crippen LogP contribution in [0.4, 0.5) is 5.69 Å². The number of morpholine rings is 1. The summed E-state index contributed by atoms with van der Waals surface area (Å²) in [5.74, 6) is 0.823. The Hall–Kier alpha value is -1.75. The summed E-state index contributed by atoms with van der Waals surface area (Å²) in [5, 5.41) is 7.33. The number of hydrogen-bond donors (Lipinski definition) is 0. The van der Waals surface area contributed by atoms with Crippen LogP contribution >= 0.6 is 23.2 Å². The van der Waals surface area contributed by atoms with E-state index >= 15 is 0 Å². The maximum atomic E-state index is 6.31. The number of amidine groups is 1. The first-order valence-corrected chi connectivity index (χ1v) is 8.54. The van der Waals surface area contributed by atoms with E-state index in [-0.39, 0.29) is 12.1 Å². The molecule has 120 valence electrons. The van der Waals surface area contributed by atoms with Gasteiger partial charge in [0.2, 0.25) is 6.67 Å². The van der Waals surface area contributed by atoms with E-state index in [9.17, 15) is 0 Å². The molecule has 2 radical (unpaired) electrons. The standard InChI is InChI=1S/C18H13Cl2N3O/c19-13-6-3-7-14(20)18(13)23-10-22-16(21-23)9-24-15-8-11-4-1-2-5-12(11)17(15)22/h1-7,15,17H,8-9H2/t15-,17+/m0/s1. The first kappa shape index (κ1) is 14.6. The van der Waals surface area contributed by atoms with Crippen LogP contribution in [0.1, 0.15) is 17.2 Å². The Bertz CT molecular complexity index is 834. The molecule has 0 bridgehead atoms. The van der Waals surface area contributed by atoms with Gasteiger partial charge in [-0.05, 0) is 23.3 Å². The van der Waals surface area contributed by atoms with Crippen molar-refractivity contribution < 1.29 is 4.74 Å². The molecule has 0 amide bonds. The second-order valence-corrected chi connectivity index (χ2v) is 6.88. The van der Waals surface area contributed by atoms with Crippen molar-refractivity contribution in [1.29, 1.82) is 0 Å². The molecule has 5 rings (SSSR count). The molecule has 0 spiro atoms. The van der Waals surface area contributed by atoms with E-state index in [1.165, 1.54) is 11.1 Å². The lowest BCUT2D eigenvalue weighted by Crippen LogP contribution is -2.44. The Kier molecular flexibility index (Phi) is 3.27. The summed E-state index contributed by atoms with van der Waals surface area (Å²) in [6, 6.07) is 13.9. The number of hydrazone groups is 1. The molecule has 1 aliphatic carbocycles. The van der Waals surface area contributed by atoms with Crippen LogP contribution in [0.2, 0.25) is 10.0 Å². The van der Waals surface area contributed by atoms with E-state index in [1.807, 2.05) is 6.07 Å². The molecule has 2 aromatic rings. The van der Waals surface area contributed by atoms with Crippen molar-refractivity contribution in [2.75, 3.05) is 11.6 Å². The summed E-state index contributed by atoms with van der Waals surface area (Å²) in [6.07, 6.45) is 1.04. The molecule has 2 aliphatic heterocycles. The zero-order chi connectivity index (χ0) is 16.3. The summed E-state index contributed by atoms with van der Waals surface area (Å²) in [5.41, 5.74) is 3.24. The summed E-state index contributed by atoms with van der Waals surface area (Å²) in [6.45, 7) is 3.78. The number of halogens is 2. The van der Waals surface area contributed by atoms with E-state index < -0.39 is 0 Å². The molecule has 0 aromatic heterocycles. The van der Waals surface area contributed by atoms with Crippen LogP contribution in [0.15, 0.2) is 47.6 Å². The minimum absolute atomic E-state index is 0.0972. The molecule has 2 aromatic carbocycles. The first-order chi connectivity index (χ1) is 11.7. The molecule has 24 heavy (non-hydrogen) atoms. The van der Waals surface area contributed by atoms with Gasteiger partial charge in [0, 0.05) is 6.42 Å². The van der Waals surface area contributed by atoms with Crippen molar-refractivity contribution in [1.82, 2.24) is 4.90 Å². The second-order valence-electron chi connectivity index (χ2n) is 6.07. The summed E-state index contributed by atoms with van der Waals surface area (Å²) < 4.78 is 6.04. The van der Waals surface area contributed by atoms with Gasteiger partial charge in [-0.15, -0.1) is 0 Å². The van der Waals surface area contributed by atoms with Gasteiger partial charge >= 0.3 is 0 Å². The Balaban J connectivity index is 1.53. The SMILES string of the molecule is Clc1cccc(Cl)c1N1[C]N2C(=N1)CO[C@H]1Cc3ccccc3[C@H]12. The molecular formula is C18H13Cl2N3O. The molecule has 6 heteroatoms. The number of hydrogen-bond acceptors (Lipinski definition) is 4. The number of nitrogens with zero attached hydrogens (tertiary/aromatic N) is 3. The molecule has 2 atom stereocenters. The minimum atomic E-state index is 0.0972. The zero-order valence-electron chi connectivity index (χ0n) is 12.6. The van der Waals surface area contributed by atoms with Crippen LogP contribution < -0.4 is 5.01 Å². The van der Waals surface area contributed by atoms with Gasteiger partial charge in [0.25, 0.3) is 0 Å². The Morgan fingerprint density at radius 2 is 1.88 bits per heavy atom. The summed E-state index contributed by atoms with van der Waals surface area (Å²) in [7, 11) is 0. The van der Waals surface area contributed by atoms with Gasteiger partial charge in [-0.1, -0.05) is 53.5 Å². The molecule has 1 saturated heterocycles. The number of rotatable bonds is 1. The van der Waals surface area contributed by atoms with Gasteiger partial charge < -0.3 is 9.64 Å². The summed E-state index contributed by atoms with van der Waals surface area (Å²) >= 11 is 12.6. The zero-order valence-corrected chi connectivity index (χ0v) is 14.1. The molecule has 1 fully saturated rings. The lowest BCUT2D eigenvalue weighted by atomic mass is 10.1. The molecule has 0 saturated carbocycles. The van der Waals surface area contributed by atoms with Crippen LogP contribution in [-0.2, 0) is 11.2 Å². The topological polar surface area (TPSA) is 28.1 Å². The highest BCUT2D eigenvalue weighted by molar-refractivity contribution is 6.39. The second kappa shape index (κ2) is 5.38. The number of para-hydroxylation sites is 1.